The molecule has 0 spiro atoms. The van der Waals surface area contributed by atoms with Gasteiger partial charge in [-0.2, -0.15) is 0 Å². The van der Waals surface area contributed by atoms with Crippen LogP contribution in [0.2, 0.25) is 5.02 Å². The number of nitrogens with zero attached hydrogens (tertiary/aromatic N) is 4. The minimum Gasteiger partial charge on any atom is -0.396 e. The summed E-state index contributed by atoms with van der Waals surface area (Å²) >= 11 is 5.88. The van der Waals surface area contributed by atoms with Crippen LogP contribution in [0.4, 0.5) is 15.8 Å². The molecule has 176 valence electrons. The van der Waals surface area contributed by atoms with E-state index in [-0.39, 0.29) is 47.6 Å². The third-order valence-electron chi connectivity index (χ3n) is 5.60. The summed E-state index contributed by atoms with van der Waals surface area (Å²) in [6, 6.07) is 8.19. The van der Waals surface area contributed by atoms with E-state index in [0.29, 0.717) is 5.02 Å². The van der Waals surface area contributed by atoms with E-state index < -0.39 is 29.6 Å². The van der Waals surface area contributed by atoms with Gasteiger partial charge in [0.2, 0.25) is 5.91 Å². The smallest absolute Gasteiger partial charge is 0.265 e. The Bertz CT molecular complexity index is 1360. The Kier molecular flexibility index (Phi) is 6.09. The summed E-state index contributed by atoms with van der Waals surface area (Å²) in [5.41, 5.74) is 5.11. The predicted octanol–water partition coefficient (Wildman–Crippen LogP) is 2.46. The van der Waals surface area contributed by atoms with E-state index in [1.165, 1.54) is 24.1 Å². The largest absolute Gasteiger partial charge is 0.396 e. The number of carbonyl (C=O) groups is 2. The quantitative estimate of drug-likeness (QED) is 0.520. The molecule has 1 fully saturated rings. The summed E-state index contributed by atoms with van der Waals surface area (Å²) < 4.78 is 14.9. The van der Waals surface area contributed by atoms with E-state index in [1.54, 1.807) is 24.3 Å². The molecule has 34 heavy (non-hydrogen) atoms. The first-order valence-corrected chi connectivity index (χ1v) is 10.8. The zero-order valence-corrected chi connectivity index (χ0v) is 19.1. The highest BCUT2D eigenvalue weighted by Gasteiger charge is 2.41. The number of benzene rings is 1. The number of amides is 2. The molecule has 3 N–H and O–H groups in total. The second-order valence-electron chi connectivity index (χ2n) is 8.37. The molecule has 0 bridgehead atoms. The van der Waals surface area contributed by atoms with Crippen molar-refractivity contribution in [3.05, 3.63) is 63.0 Å². The number of hydrogen-bond acceptors (Lipinski definition) is 6. The maximum Gasteiger partial charge on any atom is 0.265 e. The van der Waals surface area contributed by atoms with E-state index in [9.17, 15) is 18.8 Å². The van der Waals surface area contributed by atoms with E-state index in [1.807, 2.05) is 0 Å². The third kappa shape index (κ3) is 4.49. The van der Waals surface area contributed by atoms with Gasteiger partial charge in [0.1, 0.15) is 29.1 Å². The van der Waals surface area contributed by atoms with Gasteiger partial charge in [0, 0.05) is 17.0 Å². The first-order chi connectivity index (χ1) is 16.1. The SMILES string of the molecule is C=Nc1cnc2c(cc(C(=O)NCc3ccc(Cl)cc3)c(=O)n2CC(=O)N2CC(C)(F)C2)c1N. The highest BCUT2D eigenvalue weighted by Crippen LogP contribution is 2.29. The van der Waals surface area contributed by atoms with Gasteiger partial charge >= 0.3 is 0 Å². The number of aliphatic imine (C=N–C) groups is 1. The van der Waals surface area contributed by atoms with Crippen LogP contribution in [-0.4, -0.2) is 51.7 Å². The number of halogens is 2. The number of nitrogens with two attached hydrogens (primary N) is 1. The molecule has 1 aliphatic heterocycles. The van der Waals surface area contributed by atoms with Gasteiger partial charge < -0.3 is 16.0 Å². The number of hydrogen-bond donors (Lipinski definition) is 2. The van der Waals surface area contributed by atoms with Crippen molar-refractivity contribution in [2.45, 2.75) is 25.7 Å². The zero-order valence-electron chi connectivity index (χ0n) is 18.3. The molecule has 2 aromatic heterocycles. The first kappa shape index (κ1) is 23.4. The van der Waals surface area contributed by atoms with Gasteiger partial charge in [0.25, 0.3) is 11.5 Å². The summed E-state index contributed by atoms with van der Waals surface area (Å²) in [6.45, 7) is 4.44. The standard InChI is InChI=1S/C23H22ClFN6O3/c1-23(25)11-30(12-23)18(32)10-31-20-15(19(26)17(27-2)9-28-20)7-16(22(31)34)21(33)29-8-13-3-5-14(24)6-4-13/h3-7,9H,2,8,10-12H2,1H3,(H2,26,28)(H,29,33). The normalized spacial score (nSPS) is 14.5. The minimum absolute atomic E-state index is 0.0696. The zero-order chi connectivity index (χ0) is 24.6. The van der Waals surface area contributed by atoms with Crippen molar-refractivity contribution in [2.24, 2.45) is 4.99 Å². The lowest BCUT2D eigenvalue weighted by atomic mass is 9.99. The number of pyridine rings is 2. The molecule has 0 aliphatic carbocycles. The molecular weight excluding hydrogens is 463 g/mol. The van der Waals surface area contributed by atoms with Crippen LogP contribution >= 0.6 is 11.6 Å². The average molecular weight is 485 g/mol. The molecule has 9 nitrogen and oxygen atoms in total. The fourth-order valence-corrected chi connectivity index (χ4v) is 3.93. The number of aromatic nitrogens is 2. The van der Waals surface area contributed by atoms with Crippen molar-refractivity contribution in [2.75, 3.05) is 18.8 Å². The van der Waals surface area contributed by atoms with Gasteiger partial charge in [-0.1, -0.05) is 23.7 Å². The fraction of sp³-hybridized carbons (Fsp3) is 0.261. The van der Waals surface area contributed by atoms with Gasteiger partial charge in [-0.25, -0.2) is 9.37 Å². The summed E-state index contributed by atoms with van der Waals surface area (Å²) in [5.74, 6) is -1.12. The van der Waals surface area contributed by atoms with Gasteiger partial charge in [0.15, 0.2) is 0 Å². The Morgan fingerprint density at radius 1 is 1.32 bits per heavy atom. The number of anilines is 1. The van der Waals surface area contributed by atoms with Gasteiger partial charge in [-0.15, -0.1) is 0 Å². The number of fused-ring (bicyclic) bond motifs is 1. The molecular formula is C23H22ClFN6O3. The highest BCUT2D eigenvalue weighted by molar-refractivity contribution is 6.30. The van der Waals surface area contributed by atoms with Crippen LogP contribution in [0.3, 0.4) is 0 Å². The second kappa shape index (κ2) is 8.86. The first-order valence-electron chi connectivity index (χ1n) is 10.4. The fourth-order valence-electron chi connectivity index (χ4n) is 3.80. The van der Waals surface area contributed by atoms with Crippen molar-refractivity contribution < 1.29 is 14.0 Å². The van der Waals surface area contributed by atoms with Crippen LogP contribution in [0.5, 0.6) is 0 Å². The van der Waals surface area contributed by atoms with Crippen LogP contribution < -0.4 is 16.6 Å². The van der Waals surface area contributed by atoms with Gasteiger partial charge in [0.05, 0.1) is 25.0 Å². The summed E-state index contributed by atoms with van der Waals surface area (Å²) in [6.07, 6.45) is 1.33. The van der Waals surface area contributed by atoms with E-state index in [0.717, 1.165) is 10.1 Å². The Hall–Kier alpha value is -3.79. The van der Waals surface area contributed by atoms with Crippen molar-refractivity contribution >= 4 is 52.5 Å². The summed E-state index contributed by atoms with van der Waals surface area (Å²) in [7, 11) is 0. The topological polar surface area (TPSA) is 123 Å². The van der Waals surface area contributed by atoms with Crippen LogP contribution in [0.25, 0.3) is 11.0 Å². The summed E-state index contributed by atoms with van der Waals surface area (Å²) in [5, 5.41) is 3.52. The molecule has 3 aromatic rings. The number of nitrogens with one attached hydrogen (secondary N) is 1. The maximum absolute atomic E-state index is 13.9. The average Bonchev–Trinajstić information content (AvgIpc) is 2.78. The van der Waals surface area contributed by atoms with Gasteiger partial charge in [-0.3, -0.25) is 23.9 Å². The number of nitrogen functional groups attached to an aromatic ring is 1. The molecule has 2 amide bonds. The molecule has 1 aliphatic rings. The summed E-state index contributed by atoms with van der Waals surface area (Å²) in [4.78, 5) is 48.2. The molecule has 1 saturated heterocycles. The van der Waals surface area contributed by atoms with Crippen molar-refractivity contribution in [1.29, 1.82) is 0 Å². The lowest BCUT2D eigenvalue weighted by molar-refractivity contribution is -0.144. The number of carbonyl (C=O) groups excluding carboxylic acids is 2. The molecule has 3 heterocycles. The Balaban J connectivity index is 1.71. The third-order valence-corrected chi connectivity index (χ3v) is 5.86. The lowest BCUT2D eigenvalue weighted by Gasteiger charge is -2.42. The number of rotatable bonds is 6. The number of alkyl halides is 1. The van der Waals surface area contributed by atoms with Crippen molar-refractivity contribution in [3.63, 3.8) is 0 Å². The molecule has 0 saturated carbocycles. The van der Waals surface area contributed by atoms with Crippen LogP contribution in [0, 0.1) is 0 Å². The van der Waals surface area contributed by atoms with Crippen molar-refractivity contribution in [3.8, 4) is 0 Å². The van der Waals surface area contributed by atoms with Crippen LogP contribution in [0.15, 0.2) is 46.3 Å². The highest BCUT2D eigenvalue weighted by atomic mass is 35.5. The molecule has 11 heteroatoms. The maximum atomic E-state index is 13.9. The van der Waals surface area contributed by atoms with Gasteiger partial charge in [-0.05, 0) is 37.4 Å². The predicted molar refractivity (Wildman–Crippen MR) is 128 cm³/mol. The Morgan fingerprint density at radius 2 is 2.00 bits per heavy atom. The minimum atomic E-state index is -1.46. The van der Waals surface area contributed by atoms with Crippen LogP contribution in [0.1, 0.15) is 22.8 Å². The molecule has 0 unspecified atom stereocenters. The van der Waals surface area contributed by atoms with E-state index in [2.05, 4.69) is 22.0 Å². The molecule has 0 atom stereocenters. The molecule has 4 rings (SSSR count). The lowest BCUT2D eigenvalue weighted by Crippen LogP contribution is -2.60. The molecule has 1 aromatic carbocycles. The number of likely N-dealkylation sites (tertiary alicyclic amines) is 1. The Morgan fingerprint density at radius 3 is 2.62 bits per heavy atom. The second-order valence-corrected chi connectivity index (χ2v) is 8.81. The van der Waals surface area contributed by atoms with Crippen molar-refractivity contribution in [1.82, 2.24) is 19.8 Å². The molecule has 0 radical (unpaired) electrons. The van der Waals surface area contributed by atoms with E-state index in [4.69, 9.17) is 17.3 Å². The van der Waals surface area contributed by atoms with E-state index >= 15 is 0 Å². The Labute approximate surface area is 199 Å². The monoisotopic (exact) mass is 484 g/mol. The van der Waals surface area contributed by atoms with Crippen LogP contribution in [-0.2, 0) is 17.9 Å².